The van der Waals surface area contributed by atoms with Crippen LogP contribution in [-0.4, -0.2) is 25.0 Å². The highest BCUT2D eigenvalue weighted by Gasteiger charge is 2.13. The van der Waals surface area contributed by atoms with Gasteiger partial charge in [0.05, 0.1) is 0 Å². The van der Waals surface area contributed by atoms with Crippen molar-refractivity contribution >= 4 is 5.91 Å². The molecule has 1 fully saturated rings. The third kappa shape index (κ3) is 3.05. The zero-order chi connectivity index (χ0) is 8.81. The molecular weight excluding hydrogens is 152 g/mol. The summed E-state index contributed by atoms with van der Waals surface area (Å²) >= 11 is 0. The summed E-state index contributed by atoms with van der Waals surface area (Å²) in [6.45, 7) is 5.50. The normalized spacial score (nSPS) is 23.2. The average molecular weight is 168 g/mol. The zero-order valence-electron chi connectivity index (χ0n) is 7.31. The second-order valence-electron chi connectivity index (χ2n) is 3.10. The molecular formula is C9H16N2O. The molecule has 1 saturated heterocycles. The quantitative estimate of drug-likeness (QED) is 0.600. The summed E-state index contributed by atoms with van der Waals surface area (Å²) in [5.74, 6) is 0.0821. The van der Waals surface area contributed by atoms with Gasteiger partial charge in [0.25, 0.3) is 0 Å². The van der Waals surface area contributed by atoms with E-state index in [1.54, 1.807) is 6.08 Å². The fourth-order valence-electron chi connectivity index (χ4n) is 1.39. The van der Waals surface area contributed by atoms with Crippen molar-refractivity contribution in [1.29, 1.82) is 0 Å². The van der Waals surface area contributed by atoms with Gasteiger partial charge in [-0.25, -0.2) is 0 Å². The van der Waals surface area contributed by atoms with E-state index in [4.69, 9.17) is 0 Å². The minimum atomic E-state index is 0.0821. The molecule has 1 amide bonds. The van der Waals surface area contributed by atoms with Crippen molar-refractivity contribution in [2.75, 3.05) is 13.1 Å². The molecule has 0 aromatic heterocycles. The topological polar surface area (TPSA) is 41.1 Å². The number of hydrogen-bond donors (Lipinski definition) is 2. The van der Waals surface area contributed by atoms with Crippen LogP contribution in [0, 0.1) is 0 Å². The van der Waals surface area contributed by atoms with Crippen molar-refractivity contribution in [2.45, 2.75) is 25.3 Å². The summed E-state index contributed by atoms with van der Waals surface area (Å²) in [7, 11) is 0. The standard InChI is InChI=1S/C9H16N2O/c1-2-4-9(12)11-8-5-3-6-10-7-8/h2,8,10H,1,3-7H2,(H,11,12)/t8-/m1/s1. The van der Waals surface area contributed by atoms with Crippen LogP contribution in [0.1, 0.15) is 19.3 Å². The molecule has 1 heterocycles. The lowest BCUT2D eigenvalue weighted by Crippen LogP contribution is -2.45. The molecule has 0 aliphatic carbocycles. The predicted octanol–water partition coefficient (Wildman–Crippen LogP) is 0.431. The van der Waals surface area contributed by atoms with Crippen LogP contribution in [-0.2, 0) is 4.79 Å². The first-order chi connectivity index (χ1) is 5.83. The molecule has 3 nitrogen and oxygen atoms in total. The summed E-state index contributed by atoms with van der Waals surface area (Å²) in [4.78, 5) is 11.1. The molecule has 68 valence electrons. The van der Waals surface area contributed by atoms with Gasteiger partial charge < -0.3 is 10.6 Å². The first-order valence-corrected chi connectivity index (χ1v) is 4.44. The largest absolute Gasteiger partial charge is 0.352 e. The number of rotatable bonds is 3. The number of carbonyl (C=O) groups excluding carboxylic acids is 1. The van der Waals surface area contributed by atoms with Gasteiger partial charge in [-0.3, -0.25) is 4.79 Å². The van der Waals surface area contributed by atoms with Gasteiger partial charge in [-0.05, 0) is 19.4 Å². The van der Waals surface area contributed by atoms with E-state index >= 15 is 0 Å². The first kappa shape index (κ1) is 9.26. The Morgan fingerprint density at radius 1 is 1.75 bits per heavy atom. The summed E-state index contributed by atoms with van der Waals surface area (Å²) in [6.07, 6.45) is 4.30. The SMILES string of the molecule is C=CCC(=O)N[C@@H]1CCCNC1. The third-order valence-corrected chi connectivity index (χ3v) is 1.99. The highest BCUT2D eigenvalue weighted by molar-refractivity contribution is 5.77. The Morgan fingerprint density at radius 3 is 3.17 bits per heavy atom. The lowest BCUT2D eigenvalue weighted by atomic mass is 10.1. The summed E-state index contributed by atoms with van der Waals surface area (Å²) in [5.41, 5.74) is 0. The maximum atomic E-state index is 11.1. The summed E-state index contributed by atoms with van der Waals surface area (Å²) < 4.78 is 0. The van der Waals surface area contributed by atoms with E-state index in [1.807, 2.05) is 0 Å². The van der Waals surface area contributed by atoms with Gasteiger partial charge in [0.15, 0.2) is 0 Å². The van der Waals surface area contributed by atoms with Crippen LogP contribution in [0.3, 0.4) is 0 Å². The van der Waals surface area contributed by atoms with Crippen molar-refractivity contribution < 1.29 is 4.79 Å². The minimum Gasteiger partial charge on any atom is -0.352 e. The highest BCUT2D eigenvalue weighted by atomic mass is 16.1. The van der Waals surface area contributed by atoms with Gasteiger partial charge >= 0.3 is 0 Å². The number of hydrogen-bond acceptors (Lipinski definition) is 2. The molecule has 0 unspecified atom stereocenters. The lowest BCUT2D eigenvalue weighted by molar-refractivity contribution is -0.121. The van der Waals surface area contributed by atoms with Gasteiger partial charge in [-0.2, -0.15) is 0 Å². The van der Waals surface area contributed by atoms with E-state index in [-0.39, 0.29) is 5.91 Å². The molecule has 0 radical (unpaired) electrons. The number of amides is 1. The second-order valence-corrected chi connectivity index (χ2v) is 3.10. The van der Waals surface area contributed by atoms with Crippen molar-refractivity contribution in [2.24, 2.45) is 0 Å². The third-order valence-electron chi connectivity index (χ3n) is 1.99. The molecule has 2 N–H and O–H groups in total. The van der Waals surface area contributed by atoms with Crippen LogP contribution >= 0.6 is 0 Å². The van der Waals surface area contributed by atoms with Gasteiger partial charge in [0.2, 0.25) is 5.91 Å². The molecule has 0 spiro atoms. The molecule has 1 aliphatic rings. The predicted molar refractivity (Wildman–Crippen MR) is 48.8 cm³/mol. The Balaban J connectivity index is 2.19. The lowest BCUT2D eigenvalue weighted by Gasteiger charge is -2.23. The van der Waals surface area contributed by atoms with Crippen molar-refractivity contribution in [3.8, 4) is 0 Å². The Kier molecular flexibility index (Phi) is 3.80. The second kappa shape index (κ2) is 4.93. The zero-order valence-corrected chi connectivity index (χ0v) is 7.31. The molecule has 0 bridgehead atoms. The molecule has 1 aliphatic heterocycles. The van der Waals surface area contributed by atoms with Gasteiger partial charge in [-0.15, -0.1) is 6.58 Å². The van der Waals surface area contributed by atoms with Crippen LogP contribution in [0.2, 0.25) is 0 Å². The fraction of sp³-hybridized carbons (Fsp3) is 0.667. The molecule has 3 heteroatoms. The van der Waals surface area contributed by atoms with Crippen LogP contribution in [0.25, 0.3) is 0 Å². The monoisotopic (exact) mass is 168 g/mol. The maximum absolute atomic E-state index is 11.1. The fourth-order valence-corrected chi connectivity index (χ4v) is 1.39. The summed E-state index contributed by atoms with van der Waals surface area (Å²) in [5, 5.41) is 6.19. The van der Waals surface area contributed by atoms with E-state index in [0.29, 0.717) is 12.5 Å². The number of carbonyl (C=O) groups is 1. The van der Waals surface area contributed by atoms with Crippen LogP contribution in [0.5, 0.6) is 0 Å². The Labute approximate surface area is 73.2 Å². The molecule has 0 aromatic carbocycles. The van der Waals surface area contributed by atoms with Crippen LogP contribution < -0.4 is 10.6 Å². The van der Waals surface area contributed by atoms with Gasteiger partial charge in [0, 0.05) is 19.0 Å². The number of piperidine rings is 1. The van der Waals surface area contributed by atoms with E-state index in [9.17, 15) is 4.79 Å². The van der Waals surface area contributed by atoms with E-state index < -0.39 is 0 Å². The molecule has 1 rings (SSSR count). The molecule has 0 aromatic rings. The van der Waals surface area contributed by atoms with Crippen molar-refractivity contribution in [3.63, 3.8) is 0 Å². The number of nitrogens with one attached hydrogen (secondary N) is 2. The van der Waals surface area contributed by atoms with Crippen LogP contribution in [0.4, 0.5) is 0 Å². The van der Waals surface area contributed by atoms with E-state index in [1.165, 1.54) is 0 Å². The molecule has 0 saturated carbocycles. The van der Waals surface area contributed by atoms with Gasteiger partial charge in [0.1, 0.15) is 0 Å². The smallest absolute Gasteiger partial charge is 0.224 e. The Morgan fingerprint density at radius 2 is 2.58 bits per heavy atom. The molecule has 1 atom stereocenters. The van der Waals surface area contributed by atoms with Crippen molar-refractivity contribution in [3.05, 3.63) is 12.7 Å². The van der Waals surface area contributed by atoms with Gasteiger partial charge in [-0.1, -0.05) is 6.08 Å². The van der Waals surface area contributed by atoms with Crippen LogP contribution in [0.15, 0.2) is 12.7 Å². The highest BCUT2D eigenvalue weighted by Crippen LogP contribution is 2.01. The Hall–Kier alpha value is -0.830. The van der Waals surface area contributed by atoms with Crippen molar-refractivity contribution in [1.82, 2.24) is 10.6 Å². The Bertz CT molecular complexity index is 162. The average Bonchev–Trinajstić information content (AvgIpc) is 2.06. The van der Waals surface area contributed by atoms with E-state index in [2.05, 4.69) is 17.2 Å². The van der Waals surface area contributed by atoms with E-state index in [0.717, 1.165) is 25.9 Å². The molecule has 12 heavy (non-hydrogen) atoms. The first-order valence-electron chi connectivity index (χ1n) is 4.44. The summed E-state index contributed by atoms with van der Waals surface area (Å²) in [6, 6.07) is 0.325. The minimum absolute atomic E-state index is 0.0821. The maximum Gasteiger partial charge on any atom is 0.224 e.